The molecule has 8 nitrogen and oxygen atoms in total. The van der Waals surface area contributed by atoms with E-state index in [0.29, 0.717) is 19.8 Å². The minimum Gasteiger partial charge on any atom is -0.462 e. The van der Waals surface area contributed by atoms with Crippen molar-refractivity contribution in [1.29, 1.82) is 0 Å². The predicted octanol–water partition coefficient (Wildman–Crippen LogP) is 3.49. The Balaban J connectivity index is 1.86. The van der Waals surface area contributed by atoms with Crippen LogP contribution in [0, 0.1) is 0 Å². The van der Waals surface area contributed by atoms with E-state index in [2.05, 4.69) is 20.7 Å². The molecule has 2 aliphatic rings. The standard InChI is InChI=1S/C19H16BrF3N2O6S3/c1-2-30-17(28)8-3-4-10(9(20)5-8)34-11-6-32-16-13(24)15(27)25(16)14(11)18(29)31-12(26)7-33-19(21,22)23/h3-5,13,16H,2,6-7,24H2,1H3/t13-,16+/m1/s1. The van der Waals surface area contributed by atoms with Crippen LogP contribution in [0.3, 0.4) is 0 Å². The van der Waals surface area contributed by atoms with Crippen LogP contribution in [-0.2, 0) is 23.9 Å². The number of thioether (sulfide) groups is 3. The van der Waals surface area contributed by atoms with E-state index in [1.807, 2.05) is 0 Å². The Morgan fingerprint density at radius 3 is 2.62 bits per heavy atom. The minimum absolute atomic E-state index is 0.204. The van der Waals surface area contributed by atoms with E-state index >= 15 is 0 Å². The first kappa shape index (κ1) is 26.9. The molecule has 34 heavy (non-hydrogen) atoms. The molecule has 0 saturated carbocycles. The lowest BCUT2D eigenvalue weighted by Gasteiger charge is -2.48. The number of esters is 3. The maximum absolute atomic E-state index is 12.8. The second-order valence-corrected chi connectivity index (χ2v) is 10.8. The number of ether oxygens (including phenoxy) is 2. The van der Waals surface area contributed by atoms with Crippen molar-refractivity contribution in [3.63, 3.8) is 0 Å². The number of nitrogens with zero attached hydrogens (tertiary/aromatic N) is 1. The fraction of sp³-hybridized carbons (Fsp3) is 0.368. The Morgan fingerprint density at radius 2 is 2.00 bits per heavy atom. The van der Waals surface area contributed by atoms with Gasteiger partial charge in [-0.1, -0.05) is 11.8 Å². The molecule has 0 radical (unpaired) electrons. The van der Waals surface area contributed by atoms with Gasteiger partial charge in [-0.3, -0.25) is 14.5 Å². The topological polar surface area (TPSA) is 116 Å². The molecule has 1 fully saturated rings. The number of nitrogens with two attached hydrogens (primary N) is 1. The Hall–Kier alpha value is -1.68. The molecular weight excluding hydrogens is 585 g/mol. The van der Waals surface area contributed by atoms with Crippen molar-refractivity contribution in [2.24, 2.45) is 5.73 Å². The molecule has 1 amide bonds. The molecular formula is C19H16BrF3N2O6S3. The second-order valence-electron chi connectivity index (χ2n) is 6.67. The van der Waals surface area contributed by atoms with Crippen LogP contribution in [0.4, 0.5) is 13.2 Å². The molecule has 0 bridgehead atoms. The van der Waals surface area contributed by atoms with Crippen LogP contribution in [-0.4, -0.2) is 63.8 Å². The molecule has 1 aromatic rings. The van der Waals surface area contributed by atoms with Crippen molar-refractivity contribution in [1.82, 2.24) is 4.90 Å². The second kappa shape index (κ2) is 10.9. The van der Waals surface area contributed by atoms with E-state index in [-0.39, 0.29) is 18.1 Å². The lowest BCUT2D eigenvalue weighted by atomic mass is 10.1. The maximum atomic E-state index is 12.8. The van der Waals surface area contributed by atoms with Gasteiger partial charge in [0.25, 0.3) is 0 Å². The third-order valence-electron chi connectivity index (χ3n) is 4.40. The molecule has 0 spiro atoms. The summed E-state index contributed by atoms with van der Waals surface area (Å²) in [6.45, 7) is 1.88. The Kier molecular flexibility index (Phi) is 8.65. The fourth-order valence-corrected chi connectivity index (χ4v) is 6.31. The SMILES string of the molecule is CCOC(=O)c1ccc(SC2=C(C(=O)OC(=O)CSC(F)(F)F)N3C(=O)[C@@H](N)[C@@H]3SC2)c(Br)c1. The third kappa shape index (κ3) is 6.11. The number of carbonyl (C=O) groups is 4. The van der Waals surface area contributed by atoms with Gasteiger partial charge in [-0.15, -0.1) is 11.8 Å². The summed E-state index contributed by atoms with van der Waals surface area (Å²) in [5.41, 5.74) is 1.17. The monoisotopic (exact) mass is 600 g/mol. The quantitative estimate of drug-likeness (QED) is 0.283. The van der Waals surface area contributed by atoms with Gasteiger partial charge in [0.2, 0.25) is 5.91 Å². The summed E-state index contributed by atoms with van der Waals surface area (Å²) >= 11 is 5.09. The highest BCUT2D eigenvalue weighted by Crippen LogP contribution is 2.46. The van der Waals surface area contributed by atoms with E-state index < -0.39 is 58.3 Å². The van der Waals surface area contributed by atoms with Crippen LogP contribution >= 0.6 is 51.2 Å². The first-order chi connectivity index (χ1) is 15.9. The highest BCUT2D eigenvalue weighted by Gasteiger charge is 2.52. The Bertz CT molecular complexity index is 1070. The number of hydrogen-bond donors (Lipinski definition) is 1. The zero-order valence-corrected chi connectivity index (χ0v) is 21.3. The van der Waals surface area contributed by atoms with Crippen molar-refractivity contribution in [3.05, 3.63) is 38.8 Å². The largest absolute Gasteiger partial charge is 0.462 e. The van der Waals surface area contributed by atoms with Gasteiger partial charge in [0.05, 0.1) is 12.2 Å². The molecule has 15 heteroatoms. The van der Waals surface area contributed by atoms with Gasteiger partial charge in [-0.05, 0) is 52.8 Å². The minimum atomic E-state index is -4.67. The zero-order valence-electron chi connectivity index (χ0n) is 17.2. The normalized spacial score (nSPS) is 19.9. The number of amides is 1. The molecule has 1 saturated heterocycles. The van der Waals surface area contributed by atoms with Crippen LogP contribution in [0.1, 0.15) is 17.3 Å². The van der Waals surface area contributed by atoms with Gasteiger partial charge >= 0.3 is 23.4 Å². The average molecular weight is 601 g/mol. The van der Waals surface area contributed by atoms with Crippen LogP contribution in [0.2, 0.25) is 0 Å². The summed E-state index contributed by atoms with van der Waals surface area (Å²) in [6, 6.07) is 3.79. The van der Waals surface area contributed by atoms with E-state index in [1.165, 1.54) is 23.9 Å². The molecule has 0 unspecified atom stereocenters. The number of halogens is 4. The van der Waals surface area contributed by atoms with Crippen molar-refractivity contribution in [2.75, 3.05) is 18.1 Å². The maximum Gasteiger partial charge on any atom is 0.442 e. The van der Waals surface area contributed by atoms with E-state index in [1.54, 1.807) is 13.0 Å². The number of β-lactam (4-membered cyclic amide) rings is 1. The van der Waals surface area contributed by atoms with Crippen LogP contribution < -0.4 is 5.73 Å². The van der Waals surface area contributed by atoms with Gasteiger partial charge < -0.3 is 15.2 Å². The molecule has 2 N–H and O–H groups in total. The van der Waals surface area contributed by atoms with Crippen LogP contribution in [0.25, 0.3) is 0 Å². The Morgan fingerprint density at radius 1 is 1.29 bits per heavy atom. The smallest absolute Gasteiger partial charge is 0.442 e. The lowest BCUT2D eigenvalue weighted by molar-refractivity contribution is -0.159. The summed E-state index contributed by atoms with van der Waals surface area (Å²) in [4.78, 5) is 50.8. The van der Waals surface area contributed by atoms with Gasteiger partial charge in [-0.2, -0.15) is 13.2 Å². The molecule has 2 aliphatic heterocycles. The van der Waals surface area contributed by atoms with Gasteiger partial charge in [0.1, 0.15) is 22.9 Å². The first-order valence-electron chi connectivity index (χ1n) is 9.46. The molecule has 184 valence electrons. The van der Waals surface area contributed by atoms with Gasteiger partial charge in [-0.25, -0.2) is 9.59 Å². The van der Waals surface area contributed by atoms with E-state index in [9.17, 15) is 32.3 Å². The molecule has 0 aliphatic carbocycles. The third-order valence-corrected chi connectivity index (χ3v) is 8.67. The number of hydrogen-bond acceptors (Lipinski definition) is 10. The van der Waals surface area contributed by atoms with Crippen molar-refractivity contribution < 1.29 is 41.8 Å². The molecule has 2 heterocycles. The van der Waals surface area contributed by atoms with Crippen LogP contribution in [0.15, 0.2) is 38.2 Å². The van der Waals surface area contributed by atoms with Crippen molar-refractivity contribution in [3.8, 4) is 0 Å². The first-order valence-corrected chi connectivity index (χ1v) is 13.1. The highest BCUT2D eigenvalue weighted by molar-refractivity contribution is 9.10. The van der Waals surface area contributed by atoms with Crippen molar-refractivity contribution in [2.45, 2.75) is 28.7 Å². The van der Waals surface area contributed by atoms with Crippen LogP contribution in [0.5, 0.6) is 0 Å². The van der Waals surface area contributed by atoms with E-state index in [4.69, 9.17) is 10.5 Å². The number of alkyl halides is 3. The van der Waals surface area contributed by atoms with Gasteiger partial charge in [0.15, 0.2) is 0 Å². The predicted molar refractivity (Wildman–Crippen MR) is 124 cm³/mol. The average Bonchev–Trinajstić information content (AvgIpc) is 2.77. The fourth-order valence-electron chi connectivity index (χ4n) is 2.94. The molecule has 2 atom stereocenters. The number of rotatable bonds is 7. The molecule has 3 rings (SSSR count). The van der Waals surface area contributed by atoms with Crippen molar-refractivity contribution >= 4 is 75.0 Å². The number of fused-ring (bicyclic) bond motifs is 1. The summed E-state index contributed by atoms with van der Waals surface area (Å²) in [6.07, 6.45) is 0. The zero-order chi connectivity index (χ0) is 25.2. The summed E-state index contributed by atoms with van der Waals surface area (Å²) in [7, 11) is 0. The number of carbonyl (C=O) groups excluding carboxylic acids is 4. The molecule has 0 aromatic heterocycles. The van der Waals surface area contributed by atoms with Gasteiger partial charge in [0, 0.05) is 20.0 Å². The molecule has 1 aromatic carbocycles. The van der Waals surface area contributed by atoms with E-state index in [0.717, 1.165) is 16.7 Å². The number of benzene rings is 1. The lowest BCUT2D eigenvalue weighted by Crippen LogP contribution is -2.68. The summed E-state index contributed by atoms with van der Waals surface area (Å²) < 4.78 is 47.1. The summed E-state index contributed by atoms with van der Waals surface area (Å²) in [5, 5.41) is -0.561. The highest BCUT2D eigenvalue weighted by atomic mass is 79.9. The summed E-state index contributed by atoms with van der Waals surface area (Å²) in [5.74, 6) is -4.60. The Labute approximate surface area is 212 Å².